The first-order chi connectivity index (χ1) is 10.1. The van der Waals surface area contributed by atoms with Crippen LogP contribution in [-0.2, 0) is 0 Å². The normalized spacial score (nSPS) is 13.8. The van der Waals surface area contributed by atoms with Gasteiger partial charge in [0.25, 0.3) is 5.91 Å². The van der Waals surface area contributed by atoms with Crippen LogP contribution in [0.5, 0.6) is 0 Å². The third-order valence-corrected chi connectivity index (χ3v) is 3.38. The lowest BCUT2D eigenvalue weighted by Gasteiger charge is -2.07. The summed E-state index contributed by atoms with van der Waals surface area (Å²) < 4.78 is 0. The van der Waals surface area contributed by atoms with Gasteiger partial charge in [-0.1, -0.05) is 23.2 Å². The SMILES string of the molecule is O=C(NC1CC1)c1ccc(Nc2cc(Cl)cc(Cl)c2)nn1. The van der Waals surface area contributed by atoms with Crippen LogP contribution in [0.1, 0.15) is 23.3 Å². The summed E-state index contributed by atoms with van der Waals surface area (Å²) in [5.74, 6) is 0.318. The summed E-state index contributed by atoms with van der Waals surface area (Å²) in [7, 11) is 0. The van der Waals surface area contributed by atoms with Crippen LogP contribution < -0.4 is 10.6 Å². The number of hydrogen-bond donors (Lipinski definition) is 2. The van der Waals surface area contributed by atoms with E-state index < -0.39 is 0 Å². The van der Waals surface area contributed by atoms with Crippen molar-refractivity contribution in [3.05, 3.63) is 46.1 Å². The predicted molar refractivity (Wildman–Crippen MR) is 82.3 cm³/mol. The third-order valence-electron chi connectivity index (χ3n) is 2.94. The highest BCUT2D eigenvalue weighted by atomic mass is 35.5. The van der Waals surface area contributed by atoms with Crippen LogP contribution in [-0.4, -0.2) is 22.1 Å². The molecule has 0 bridgehead atoms. The topological polar surface area (TPSA) is 66.9 Å². The number of anilines is 2. The summed E-state index contributed by atoms with van der Waals surface area (Å²) in [5, 5.41) is 14.8. The van der Waals surface area contributed by atoms with Crippen molar-refractivity contribution in [1.82, 2.24) is 15.5 Å². The average molecular weight is 323 g/mol. The molecular formula is C14H12Cl2N4O. The molecule has 7 heteroatoms. The molecule has 5 nitrogen and oxygen atoms in total. The van der Waals surface area contributed by atoms with Crippen molar-refractivity contribution in [2.75, 3.05) is 5.32 Å². The summed E-state index contributed by atoms with van der Waals surface area (Å²) >= 11 is 11.8. The zero-order valence-electron chi connectivity index (χ0n) is 10.9. The van der Waals surface area contributed by atoms with Crippen LogP contribution in [0.15, 0.2) is 30.3 Å². The van der Waals surface area contributed by atoms with E-state index in [1.54, 1.807) is 30.3 Å². The number of nitrogens with one attached hydrogen (secondary N) is 2. The van der Waals surface area contributed by atoms with Crippen LogP contribution in [0.25, 0.3) is 0 Å². The van der Waals surface area contributed by atoms with E-state index in [0.29, 0.717) is 33.3 Å². The smallest absolute Gasteiger partial charge is 0.272 e. The van der Waals surface area contributed by atoms with Crippen molar-refractivity contribution >= 4 is 40.6 Å². The molecule has 0 spiro atoms. The Hall–Kier alpha value is -1.85. The molecule has 1 aromatic heterocycles. The molecular weight excluding hydrogens is 311 g/mol. The molecule has 0 atom stereocenters. The van der Waals surface area contributed by atoms with Gasteiger partial charge in [-0.25, -0.2) is 0 Å². The summed E-state index contributed by atoms with van der Waals surface area (Å²) in [6, 6.07) is 8.70. The Bertz CT molecular complexity index is 651. The van der Waals surface area contributed by atoms with Gasteiger partial charge in [-0.3, -0.25) is 4.79 Å². The maximum atomic E-state index is 11.8. The molecule has 21 heavy (non-hydrogen) atoms. The second-order valence-electron chi connectivity index (χ2n) is 4.83. The van der Waals surface area contributed by atoms with Crippen molar-refractivity contribution in [2.24, 2.45) is 0 Å². The fraction of sp³-hybridized carbons (Fsp3) is 0.214. The minimum atomic E-state index is -0.192. The number of hydrogen-bond acceptors (Lipinski definition) is 4. The minimum absolute atomic E-state index is 0.192. The van der Waals surface area contributed by atoms with Crippen LogP contribution >= 0.6 is 23.2 Å². The van der Waals surface area contributed by atoms with E-state index in [4.69, 9.17) is 23.2 Å². The van der Waals surface area contributed by atoms with Crippen molar-refractivity contribution in [3.63, 3.8) is 0 Å². The fourth-order valence-corrected chi connectivity index (χ4v) is 2.31. The first-order valence-corrected chi connectivity index (χ1v) is 7.23. The van der Waals surface area contributed by atoms with Crippen LogP contribution in [0.4, 0.5) is 11.5 Å². The van der Waals surface area contributed by atoms with Gasteiger partial charge in [-0.05, 0) is 43.2 Å². The van der Waals surface area contributed by atoms with E-state index in [2.05, 4.69) is 20.8 Å². The lowest BCUT2D eigenvalue weighted by Crippen LogP contribution is -2.26. The molecule has 0 unspecified atom stereocenters. The molecule has 1 aliphatic rings. The molecule has 1 aliphatic carbocycles. The summed E-state index contributed by atoms with van der Waals surface area (Å²) in [4.78, 5) is 11.8. The van der Waals surface area contributed by atoms with Gasteiger partial charge in [0, 0.05) is 21.8 Å². The molecule has 2 N–H and O–H groups in total. The predicted octanol–water partition coefficient (Wildman–Crippen LogP) is 3.42. The van der Waals surface area contributed by atoms with Crippen LogP contribution in [0, 0.1) is 0 Å². The quantitative estimate of drug-likeness (QED) is 0.905. The number of rotatable bonds is 4. The summed E-state index contributed by atoms with van der Waals surface area (Å²) in [6.07, 6.45) is 2.07. The standard InChI is InChI=1S/C14H12Cl2N4O/c15-8-5-9(16)7-11(6-8)17-13-4-3-12(19-20-13)14(21)18-10-1-2-10/h3-7,10H,1-2H2,(H,17,20)(H,18,21). The number of amides is 1. The van der Waals surface area contributed by atoms with Crippen molar-refractivity contribution in [1.29, 1.82) is 0 Å². The number of aromatic nitrogens is 2. The van der Waals surface area contributed by atoms with E-state index in [-0.39, 0.29) is 5.91 Å². The highest BCUT2D eigenvalue weighted by Gasteiger charge is 2.24. The van der Waals surface area contributed by atoms with Crippen molar-refractivity contribution < 1.29 is 4.79 Å². The highest BCUT2D eigenvalue weighted by molar-refractivity contribution is 6.35. The molecule has 1 fully saturated rings. The molecule has 0 radical (unpaired) electrons. The Balaban J connectivity index is 1.69. The molecule has 108 valence electrons. The van der Waals surface area contributed by atoms with Gasteiger partial charge in [0.1, 0.15) is 0 Å². The summed E-state index contributed by atoms with van der Waals surface area (Å²) in [6.45, 7) is 0. The van der Waals surface area contributed by atoms with E-state index in [9.17, 15) is 4.79 Å². The van der Waals surface area contributed by atoms with Gasteiger partial charge in [0.15, 0.2) is 11.5 Å². The van der Waals surface area contributed by atoms with Crippen molar-refractivity contribution in [3.8, 4) is 0 Å². The lowest BCUT2D eigenvalue weighted by atomic mass is 10.3. The molecule has 3 rings (SSSR count). The number of halogens is 2. The van der Waals surface area contributed by atoms with Gasteiger partial charge < -0.3 is 10.6 Å². The van der Waals surface area contributed by atoms with Gasteiger partial charge in [-0.15, -0.1) is 10.2 Å². The Kier molecular flexibility index (Phi) is 3.94. The molecule has 0 aliphatic heterocycles. The largest absolute Gasteiger partial charge is 0.348 e. The zero-order valence-corrected chi connectivity index (χ0v) is 12.4. The van der Waals surface area contributed by atoms with E-state index >= 15 is 0 Å². The molecule has 1 aromatic carbocycles. The Morgan fingerprint density at radius 3 is 2.38 bits per heavy atom. The number of carbonyl (C=O) groups is 1. The lowest BCUT2D eigenvalue weighted by molar-refractivity contribution is 0.0945. The molecule has 2 aromatic rings. The number of carbonyl (C=O) groups excluding carboxylic acids is 1. The minimum Gasteiger partial charge on any atom is -0.348 e. The zero-order chi connectivity index (χ0) is 14.8. The number of nitrogens with zero attached hydrogens (tertiary/aromatic N) is 2. The Morgan fingerprint density at radius 1 is 1.10 bits per heavy atom. The number of benzene rings is 1. The monoisotopic (exact) mass is 322 g/mol. The van der Waals surface area contributed by atoms with Crippen LogP contribution in [0.2, 0.25) is 10.0 Å². The van der Waals surface area contributed by atoms with E-state index in [1.807, 2.05) is 0 Å². The maximum absolute atomic E-state index is 11.8. The average Bonchev–Trinajstić information content (AvgIpc) is 3.22. The van der Waals surface area contributed by atoms with E-state index in [1.165, 1.54) is 0 Å². The maximum Gasteiger partial charge on any atom is 0.272 e. The first-order valence-electron chi connectivity index (χ1n) is 6.48. The first kappa shape index (κ1) is 14.1. The highest BCUT2D eigenvalue weighted by Crippen LogP contribution is 2.24. The Labute approximate surface area is 131 Å². The Morgan fingerprint density at radius 2 is 1.81 bits per heavy atom. The van der Waals surface area contributed by atoms with Crippen LogP contribution in [0.3, 0.4) is 0 Å². The van der Waals surface area contributed by atoms with Crippen molar-refractivity contribution in [2.45, 2.75) is 18.9 Å². The third kappa shape index (κ3) is 3.83. The van der Waals surface area contributed by atoms with Gasteiger partial charge in [0.05, 0.1) is 0 Å². The summed E-state index contributed by atoms with van der Waals surface area (Å²) in [5.41, 5.74) is 1.01. The van der Waals surface area contributed by atoms with Gasteiger partial charge in [-0.2, -0.15) is 0 Å². The molecule has 0 saturated heterocycles. The van der Waals surface area contributed by atoms with Gasteiger partial charge >= 0.3 is 0 Å². The molecule has 1 saturated carbocycles. The molecule has 1 heterocycles. The van der Waals surface area contributed by atoms with Gasteiger partial charge in [0.2, 0.25) is 0 Å². The van der Waals surface area contributed by atoms with E-state index in [0.717, 1.165) is 12.8 Å². The molecule has 1 amide bonds. The second-order valence-corrected chi connectivity index (χ2v) is 5.71. The fourth-order valence-electron chi connectivity index (χ4n) is 1.78. The second kappa shape index (κ2) is 5.87.